The first-order chi connectivity index (χ1) is 10.2. The maximum Gasteiger partial charge on any atom is 0.119 e. The standard InChI is InChI=1S/C17H18BrNO2/c1-21-13-6-7-15(18)12(8-13)10-19-17-14-5-3-2-4-11(14)9-16(17)20/h2-8,16-17,19-20H,9-10H2,1H3/t16-,17+/m0/s1. The van der Waals surface area contributed by atoms with Crippen LogP contribution in [-0.4, -0.2) is 18.3 Å². The summed E-state index contributed by atoms with van der Waals surface area (Å²) in [7, 11) is 1.66. The van der Waals surface area contributed by atoms with E-state index in [2.05, 4.69) is 33.4 Å². The average Bonchev–Trinajstić information content (AvgIpc) is 2.82. The summed E-state index contributed by atoms with van der Waals surface area (Å²) in [6.45, 7) is 0.674. The topological polar surface area (TPSA) is 41.5 Å². The number of hydrogen-bond acceptors (Lipinski definition) is 3. The summed E-state index contributed by atoms with van der Waals surface area (Å²) in [6.07, 6.45) is 0.347. The molecule has 1 aliphatic rings. The van der Waals surface area contributed by atoms with Crippen LogP contribution in [0.1, 0.15) is 22.7 Å². The molecule has 110 valence electrons. The first-order valence-corrected chi connectivity index (χ1v) is 7.80. The van der Waals surface area contributed by atoms with Crippen molar-refractivity contribution in [3.63, 3.8) is 0 Å². The highest BCUT2D eigenvalue weighted by atomic mass is 79.9. The number of halogens is 1. The van der Waals surface area contributed by atoms with Crippen LogP contribution in [0.2, 0.25) is 0 Å². The van der Waals surface area contributed by atoms with E-state index in [1.165, 1.54) is 11.1 Å². The van der Waals surface area contributed by atoms with E-state index in [1.54, 1.807) is 7.11 Å². The number of rotatable bonds is 4. The van der Waals surface area contributed by atoms with Gasteiger partial charge in [0.2, 0.25) is 0 Å². The Labute approximate surface area is 133 Å². The Balaban J connectivity index is 1.76. The van der Waals surface area contributed by atoms with Gasteiger partial charge in [0.1, 0.15) is 5.75 Å². The summed E-state index contributed by atoms with van der Waals surface area (Å²) in [4.78, 5) is 0. The molecule has 3 nitrogen and oxygen atoms in total. The predicted octanol–water partition coefficient (Wildman–Crippen LogP) is 3.21. The van der Waals surface area contributed by atoms with Crippen LogP contribution in [0.3, 0.4) is 0 Å². The van der Waals surface area contributed by atoms with Gasteiger partial charge < -0.3 is 15.2 Å². The molecule has 0 aliphatic heterocycles. The second-order valence-electron chi connectivity index (χ2n) is 5.29. The van der Waals surface area contributed by atoms with Crippen molar-refractivity contribution < 1.29 is 9.84 Å². The van der Waals surface area contributed by atoms with Gasteiger partial charge in [-0.25, -0.2) is 0 Å². The van der Waals surface area contributed by atoms with Crippen LogP contribution in [0.15, 0.2) is 46.9 Å². The van der Waals surface area contributed by atoms with E-state index >= 15 is 0 Å². The number of hydrogen-bond donors (Lipinski definition) is 2. The largest absolute Gasteiger partial charge is 0.497 e. The van der Waals surface area contributed by atoms with Gasteiger partial charge in [0, 0.05) is 17.4 Å². The molecule has 0 saturated heterocycles. The molecule has 0 radical (unpaired) electrons. The summed E-state index contributed by atoms with van der Waals surface area (Å²) in [6, 6.07) is 14.1. The third-order valence-electron chi connectivity index (χ3n) is 3.97. The highest BCUT2D eigenvalue weighted by molar-refractivity contribution is 9.10. The van der Waals surface area contributed by atoms with Crippen molar-refractivity contribution in [3.05, 3.63) is 63.6 Å². The summed E-state index contributed by atoms with van der Waals surface area (Å²) in [5, 5.41) is 13.7. The third-order valence-corrected chi connectivity index (χ3v) is 4.74. The van der Waals surface area contributed by atoms with Crippen LogP contribution >= 0.6 is 15.9 Å². The lowest BCUT2D eigenvalue weighted by atomic mass is 10.1. The smallest absolute Gasteiger partial charge is 0.119 e. The van der Waals surface area contributed by atoms with Crippen molar-refractivity contribution in [2.24, 2.45) is 0 Å². The van der Waals surface area contributed by atoms with Gasteiger partial charge in [-0.3, -0.25) is 0 Å². The molecule has 2 aromatic rings. The normalized spacial score (nSPS) is 20.3. The number of ether oxygens (including phenoxy) is 1. The van der Waals surface area contributed by atoms with E-state index in [-0.39, 0.29) is 12.1 Å². The van der Waals surface area contributed by atoms with Gasteiger partial charge in [0.25, 0.3) is 0 Å². The van der Waals surface area contributed by atoms with E-state index in [0.29, 0.717) is 13.0 Å². The van der Waals surface area contributed by atoms with Crippen LogP contribution in [0.5, 0.6) is 5.75 Å². The molecule has 0 fully saturated rings. The molecular formula is C17H18BrNO2. The Morgan fingerprint density at radius 1 is 1.29 bits per heavy atom. The van der Waals surface area contributed by atoms with Gasteiger partial charge in [-0.15, -0.1) is 0 Å². The maximum absolute atomic E-state index is 10.3. The first-order valence-electron chi connectivity index (χ1n) is 7.00. The van der Waals surface area contributed by atoms with Gasteiger partial charge >= 0.3 is 0 Å². The Morgan fingerprint density at radius 3 is 2.90 bits per heavy atom. The number of aliphatic hydroxyl groups excluding tert-OH is 1. The third kappa shape index (κ3) is 2.98. The Kier molecular flexibility index (Phi) is 4.29. The zero-order chi connectivity index (χ0) is 14.8. The first kappa shape index (κ1) is 14.6. The molecule has 21 heavy (non-hydrogen) atoms. The lowest BCUT2D eigenvalue weighted by Crippen LogP contribution is -2.28. The van der Waals surface area contributed by atoms with Crippen molar-refractivity contribution in [1.82, 2.24) is 5.32 Å². The zero-order valence-corrected chi connectivity index (χ0v) is 13.4. The SMILES string of the molecule is COc1ccc(Br)c(CN[C@@H]2c3ccccc3C[C@@H]2O)c1. The second-order valence-corrected chi connectivity index (χ2v) is 6.14. The number of aliphatic hydroxyl groups is 1. The molecule has 2 N–H and O–H groups in total. The molecule has 0 saturated carbocycles. The number of methoxy groups -OCH3 is 1. The van der Waals surface area contributed by atoms with Gasteiger partial charge in [0.05, 0.1) is 19.3 Å². The second kappa shape index (κ2) is 6.18. The van der Waals surface area contributed by atoms with Gasteiger partial charge in [-0.2, -0.15) is 0 Å². The van der Waals surface area contributed by atoms with E-state index in [4.69, 9.17) is 4.74 Å². The fraction of sp³-hybridized carbons (Fsp3) is 0.294. The van der Waals surface area contributed by atoms with Gasteiger partial charge in [-0.1, -0.05) is 40.2 Å². The van der Waals surface area contributed by atoms with Crippen LogP contribution in [-0.2, 0) is 13.0 Å². The average molecular weight is 348 g/mol. The van der Waals surface area contributed by atoms with E-state index in [0.717, 1.165) is 15.8 Å². The number of fused-ring (bicyclic) bond motifs is 1. The van der Waals surface area contributed by atoms with E-state index in [1.807, 2.05) is 30.3 Å². The van der Waals surface area contributed by atoms with Crippen LogP contribution in [0, 0.1) is 0 Å². The molecule has 0 heterocycles. The number of benzene rings is 2. The highest BCUT2D eigenvalue weighted by Crippen LogP contribution is 2.32. The molecule has 2 atom stereocenters. The lowest BCUT2D eigenvalue weighted by Gasteiger charge is -2.18. The van der Waals surface area contributed by atoms with Gasteiger partial charge in [-0.05, 0) is 34.9 Å². The summed E-state index contributed by atoms with van der Waals surface area (Å²) < 4.78 is 6.30. The molecular weight excluding hydrogens is 330 g/mol. The van der Waals surface area contributed by atoms with Crippen LogP contribution < -0.4 is 10.1 Å². The fourth-order valence-electron chi connectivity index (χ4n) is 2.85. The molecule has 0 spiro atoms. The molecule has 4 heteroatoms. The maximum atomic E-state index is 10.3. The monoisotopic (exact) mass is 347 g/mol. The van der Waals surface area contributed by atoms with Crippen LogP contribution in [0.4, 0.5) is 0 Å². The van der Waals surface area contributed by atoms with Crippen molar-refractivity contribution in [3.8, 4) is 5.75 Å². The minimum absolute atomic E-state index is 0.0145. The molecule has 0 amide bonds. The predicted molar refractivity (Wildman–Crippen MR) is 86.4 cm³/mol. The Hall–Kier alpha value is -1.36. The van der Waals surface area contributed by atoms with Crippen LogP contribution in [0.25, 0.3) is 0 Å². The quantitative estimate of drug-likeness (QED) is 0.892. The fourth-order valence-corrected chi connectivity index (χ4v) is 3.24. The van der Waals surface area contributed by atoms with E-state index < -0.39 is 0 Å². The summed E-state index contributed by atoms with van der Waals surface area (Å²) in [5.41, 5.74) is 3.54. The highest BCUT2D eigenvalue weighted by Gasteiger charge is 2.30. The molecule has 3 rings (SSSR count). The number of nitrogens with one attached hydrogen (secondary N) is 1. The van der Waals surface area contributed by atoms with Crippen molar-refractivity contribution in [2.45, 2.75) is 25.1 Å². The molecule has 0 aromatic heterocycles. The zero-order valence-electron chi connectivity index (χ0n) is 11.8. The molecule has 0 unspecified atom stereocenters. The summed E-state index contributed by atoms with van der Waals surface area (Å²) >= 11 is 3.56. The lowest BCUT2D eigenvalue weighted by molar-refractivity contribution is 0.140. The van der Waals surface area contributed by atoms with Gasteiger partial charge in [0.15, 0.2) is 0 Å². The summed E-state index contributed by atoms with van der Waals surface area (Å²) in [5.74, 6) is 0.836. The Morgan fingerprint density at radius 2 is 2.10 bits per heavy atom. The van der Waals surface area contributed by atoms with E-state index in [9.17, 15) is 5.11 Å². The van der Waals surface area contributed by atoms with Crippen molar-refractivity contribution in [1.29, 1.82) is 0 Å². The minimum atomic E-state index is -0.369. The van der Waals surface area contributed by atoms with Crippen molar-refractivity contribution in [2.75, 3.05) is 7.11 Å². The minimum Gasteiger partial charge on any atom is -0.497 e. The molecule has 0 bridgehead atoms. The van der Waals surface area contributed by atoms with Crippen molar-refractivity contribution >= 4 is 15.9 Å². The Bertz CT molecular complexity index is 644. The molecule has 1 aliphatic carbocycles. The molecule has 2 aromatic carbocycles.